The number of benzene rings is 2. The summed E-state index contributed by atoms with van der Waals surface area (Å²) in [4.78, 5) is 23.4. The number of hydrogen-bond acceptors (Lipinski definition) is 6. The van der Waals surface area contributed by atoms with Gasteiger partial charge >= 0.3 is 12.2 Å². The number of fused-ring (bicyclic) bond motifs is 1. The van der Waals surface area contributed by atoms with Gasteiger partial charge in [-0.25, -0.2) is 9.59 Å². The molecule has 2 rings (SSSR count). The Kier molecular flexibility index (Phi) is 5.31. The molecule has 2 N–H and O–H groups in total. The number of hydrogen-bond donors (Lipinski definition) is 2. The molecule has 8 nitrogen and oxygen atoms in total. The number of nitrogens with one attached hydrogen (secondary N) is 2. The number of methoxy groups -OCH3 is 2. The number of ether oxygens (including phenoxy) is 4. The second-order valence-electron chi connectivity index (χ2n) is 4.55. The maximum absolute atomic E-state index is 11.7. The van der Waals surface area contributed by atoms with Gasteiger partial charge in [0.25, 0.3) is 0 Å². The maximum Gasteiger partial charge on any atom is 0.412 e. The van der Waals surface area contributed by atoms with E-state index in [0.717, 1.165) is 0 Å². The predicted octanol–water partition coefficient (Wildman–Crippen LogP) is 2.29. The minimum atomic E-state index is -0.666. The maximum atomic E-state index is 11.7. The van der Waals surface area contributed by atoms with Crippen molar-refractivity contribution < 1.29 is 28.5 Å². The Morgan fingerprint density at radius 3 is 1.42 bits per heavy atom. The zero-order valence-electron chi connectivity index (χ0n) is 13.8. The fraction of sp³-hybridized carbons (Fsp3) is 0.250. The van der Waals surface area contributed by atoms with Gasteiger partial charge in [0.05, 0.1) is 14.2 Å². The third kappa shape index (κ3) is 3.12. The standard InChI is InChI=1S/C16H18N2O6/c1-17-15(19)23-11-9-7-5-6-8-10(9)12(24-16(20)18-2)14(22-4)13(11)21-3/h5-8H,1-4H3,(H,17,19)(H,18,20). The van der Waals surface area contributed by atoms with Crippen LogP contribution in [0.1, 0.15) is 0 Å². The van der Waals surface area contributed by atoms with Gasteiger partial charge in [-0.05, 0) is 0 Å². The molecular weight excluding hydrogens is 316 g/mol. The molecule has 0 heterocycles. The van der Waals surface area contributed by atoms with Crippen LogP contribution in [0.15, 0.2) is 24.3 Å². The summed E-state index contributed by atoms with van der Waals surface area (Å²) in [7, 11) is 5.68. The third-order valence-electron chi connectivity index (χ3n) is 3.24. The highest BCUT2D eigenvalue weighted by Crippen LogP contribution is 2.51. The molecule has 0 saturated heterocycles. The largest absolute Gasteiger partial charge is 0.490 e. The molecule has 0 radical (unpaired) electrons. The predicted molar refractivity (Wildman–Crippen MR) is 87.2 cm³/mol. The molecule has 24 heavy (non-hydrogen) atoms. The molecule has 128 valence electrons. The minimum absolute atomic E-state index is 0.138. The van der Waals surface area contributed by atoms with Crippen LogP contribution in [0.25, 0.3) is 10.8 Å². The fourth-order valence-electron chi connectivity index (χ4n) is 2.19. The van der Waals surface area contributed by atoms with E-state index in [4.69, 9.17) is 18.9 Å². The van der Waals surface area contributed by atoms with Crippen LogP contribution < -0.4 is 29.6 Å². The van der Waals surface area contributed by atoms with E-state index >= 15 is 0 Å². The summed E-state index contributed by atoms with van der Waals surface area (Å²) in [5.41, 5.74) is 0. The van der Waals surface area contributed by atoms with Crippen LogP contribution in [0.3, 0.4) is 0 Å². The lowest BCUT2D eigenvalue weighted by Crippen LogP contribution is -2.23. The Balaban J connectivity index is 2.80. The van der Waals surface area contributed by atoms with Gasteiger partial charge in [0.2, 0.25) is 11.5 Å². The van der Waals surface area contributed by atoms with Crippen molar-refractivity contribution in [2.75, 3.05) is 28.3 Å². The second-order valence-corrected chi connectivity index (χ2v) is 4.55. The zero-order chi connectivity index (χ0) is 17.7. The van der Waals surface area contributed by atoms with Crippen molar-refractivity contribution in [3.63, 3.8) is 0 Å². The van der Waals surface area contributed by atoms with Gasteiger partial charge in [0.15, 0.2) is 11.5 Å². The number of amides is 2. The zero-order valence-corrected chi connectivity index (χ0v) is 13.8. The van der Waals surface area contributed by atoms with Gasteiger partial charge in [0, 0.05) is 24.9 Å². The normalized spacial score (nSPS) is 10.0. The van der Waals surface area contributed by atoms with Gasteiger partial charge in [-0.1, -0.05) is 24.3 Å². The Morgan fingerprint density at radius 1 is 0.750 bits per heavy atom. The Morgan fingerprint density at radius 2 is 1.12 bits per heavy atom. The molecule has 0 saturated carbocycles. The molecule has 8 heteroatoms. The number of rotatable bonds is 4. The summed E-state index contributed by atoms with van der Waals surface area (Å²) >= 11 is 0. The first kappa shape index (κ1) is 17.2. The lowest BCUT2D eigenvalue weighted by molar-refractivity contribution is 0.197. The lowest BCUT2D eigenvalue weighted by atomic mass is 10.1. The molecule has 0 aliphatic heterocycles. The highest BCUT2D eigenvalue weighted by Gasteiger charge is 2.26. The highest BCUT2D eigenvalue weighted by molar-refractivity contribution is 6.01. The number of carbonyl (C=O) groups is 2. The van der Waals surface area contributed by atoms with E-state index in [2.05, 4.69) is 10.6 Å². The molecule has 2 aromatic rings. The van der Waals surface area contributed by atoms with Crippen molar-refractivity contribution in [1.82, 2.24) is 10.6 Å². The van der Waals surface area contributed by atoms with Crippen LogP contribution in [0, 0.1) is 0 Å². The third-order valence-corrected chi connectivity index (χ3v) is 3.24. The number of carbonyl (C=O) groups excluding carboxylic acids is 2. The minimum Gasteiger partial charge on any atom is -0.490 e. The quantitative estimate of drug-likeness (QED) is 0.891. The molecular formula is C16H18N2O6. The summed E-state index contributed by atoms with van der Waals surface area (Å²) in [5.74, 6) is 0.597. The lowest BCUT2D eigenvalue weighted by Gasteiger charge is -2.19. The van der Waals surface area contributed by atoms with Crippen LogP contribution >= 0.6 is 0 Å². The topological polar surface area (TPSA) is 95.1 Å². The molecule has 0 fully saturated rings. The van der Waals surface area contributed by atoms with E-state index in [0.29, 0.717) is 10.8 Å². The summed E-state index contributed by atoms with van der Waals surface area (Å²) in [6.07, 6.45) is -1.33. The Bertz CT molecular complexity index is 710. The molecule has 2 aromatic carbocycles. The van der Waals surface area contributed by atoms with Crippen molar-refractivity contribution in [2.24, 2.45) is 0 Å². The first-order chi connectivity index (χ1) is 11.6. The molecule has 0 aliphatic rings. The molecule has 0 aliphatic carbocycles. The van der Waals surface area contributed by atoms with Crippen molar-refractivity contribution in [3.05, 3.63) is 24.3 Å². The molecule has 0 unspecified atom stereocenters. The fourth-order valence-corrected chi connectivity index (χ4v) is 2.19. The van der Waals surface area contributed by atoms with Crippen molar-refractivity contribution in [1.29, 1.82) is 0 Å². The smallest absolute Gasteiger partial charge is 0.412 e. The van der Waals surface area contributed by atoms with Gasteiger partial charge in [-0.15, -0.1) is 0 Å². The van der Waals surface area contributed by atoms with E-state index in [1.807, 2.05) is 0 Å². The van der Waals surface area contributed by atoms with E-state index in [9.17, 15) is 9.59 Å². The van der Waals surface area contributed by atoms with E-state index < -0.39 is 12.2 Å². The van der Waals surface area contributed by atoms with Crippen molar-refractivity contribution in [3.8, 4) is 23.0 Å². The average molecular weight is 334 g/mol. The second kappa shape index (κ2) is 7.40. The van der Waals surface area contributed by atoms with Crippen LogP contribution in [0.5, 0.6) is 23.0 Å². The SMILES string of the molecule is CNC(=O)Oc1c(OC)c(OC)c(OC(=O)NC)c2ccccc12. The van der Waals surface area contributed by atoms with Crippen LogP contribution in [0.4, 0.5) is 9.59 Å². The van der Waals surface area contributed by atoms with Crippen LogP contribution in [0.2, 0.25) is 0 Å². The van der Waals surface area contributed by atoms with E-state index in [-0.39, 0.29) is 23.0 Å². The molecule has 0 bridgehead atoms. The van der Waals surface area contributed by atoms with E-state index in [1.165, 1.54) is 28.3 Å². The highest BCUT2D eigenvalue weighted by atomic mass is 16.6. The summed E-state index contributed by atoms with van der Waals surface area (Å²) in [6, 6.07) is 6.95. The Hall–Kier alpha value is -3.16. The average Bonchev–Trinajstić information content (AvgIpc) is 2.62. The van der Waals surface area contributed by atoms with Crippen LogP contribution in [-0.2, 0) is 0 Å². The summed E-state index contributed by atoms with van der Waals surface area (Å²) in [5, 5.41) is 5.79. The molecule has 2 amide bonds. The Labute approximate surface area is 138 Å². The first-order valence-electron chi connectivity index (χ1n) is 7.03. The van der Waals surface area contributed by atoms with Gasteiger partial charge in [-0.3, -0.25) is 0 Å². The monoisotopic (exact) mass is 334 g/mol. The van der Waals surface area contributed by atoms with E-state index in [1.54, 1.807) is 24.3 Å². The van der Waals surface area contributed by atoms with Crippen LogP contribution in [-0.4, -0.2) is 40.5 Å². The van der Waals surface area contributed by atoms with Crippen molar-refractivity contribution >= 4 is 23.0 Å². The van der Waals surface area contributed by atoms with Gasteiger partial charge in [-0.2, -0.15) is 0 Å². The molecule has 0 atom stereocenters. The first-order valence-corrected chi connectivity index (χ1v) is 7.03. The van der Waals surface area contributed by atoms with Gasteiger partial charge in [0.1, 0.15) is 0 Å². The summed E-state index contributed by atoms with van der Waals surface area (Å²) < 4.78 is 21.3. The van der Waals surface area contributed by atoms with Crippen molar-refractivity contribution in [2.45, 2.75) is 0 Å². The molecule has 0 spiro atoms. The summed E-state index contributed by atoms with van der Waals surface area (Å²) in [6.45, 7) is 0. The molecule has 0 aromatic heterocycles. The van der Waals surface area contributed by atoms with Gasteiger partial charge < -0.3 is 29.6 Å².